The summed E-state index contributed by atoms with van der Waals surface area (Å²) >= 11 is 0. The molecule has 1 atom stereocenters. The van der Waals surface area contributed by atoms with Crippen molar-refractivity contribution in [3.63, 3.8) is 0 Å². The van der Waals surface area contributed by atoms with Gasteiger partial charge in [-0.1, -0.05) is 24.3 Å². The van der Waals surface area contributed by atoms with Crippen LogP contribution in [0.4, 0.5) is 4.39 Å². The average Bonchev–Trinajstić information content (AvgIpc) is 3.13. The van der Waals surface area contributed by atoms with Crippen LogP contribution in [0.2, 0.25) is 0 Å². The number of para-hydroxylation sites is 1. The number of H-pyrrole nitrogens is 1. The van der Waals surface area contributed by atoms with Gasteiger partial charge < -0.3 is 14.6 Å². The van der Waals surface area contributed by atoms with E-state index in [4.69, 9.17) is 4.74 Å². The zero-order valence-electron chi connectivity index (χ0n) is 15.1. The molecular formula is C22H21FN2O2. The number of carbonyl (C=O) groups is 1. The predicted octanol–water partition coefficient (Wildman–Crippen LogP) is 4.39. The van der Waals surface area contributed by atoms with Crippen LogP contribution in [0, 0.1) is 5.82 Å². The molecule has 4 rings (SSSR count). The van der Waals surface area contributed by atoms with Crippen molar-refractivity contribution < 1.29 is 13.9 Å². The number of halogens is 1. The highest BCUT2D eigenvalue weighted by Crippen LogP contribution is 2.29. The van der Waals surface area contributed by atoms with E-state index < -0.39 is 6.10 Å². The van der Waals surface area contributed by atoms with E-state index in [-0.39, 0.29) is 11.7 Å². The summed E-state index contributed by atoms with van der Waals surface area (Å²) in [6, 6.07) is 13.9. The highest BCUT2D eigenvalue weighted by atomic mass is 19.1. The van der Waals surface area contributed by atoms with Crippen molar-refractivity contribution >= 4 is 22.4 Å². The fourth-order valence-corrected chi connectivity index (χ4v) is 3.48. The summed E-state index contributed by atoms with van der Waals surface area (Å²) in [6.45, 7) is 2.94. The van der Waals surface area contributed by atoms with Gasteiger partial charge in [-0.05, 0) is 49.2 Å². The van der Waals surface area contributed by atoms with Crippen LogP contribution in [0.3, 0.4) is 0 Å². The number of rotatable bonds is 4. The number of hydrogen-bond donors (Lipinski definition) is 1. The van der Waals surface area contributed by atoms with Crippen LogP contribution in [0.1, 0.15) is 18.9 Å². The van der Waals surface area contributed by atoms with Gasteiger partial charge in [0.25, 0.3) is 5.91 Å². The van der Waals surface area contributed by atoms with Gasteiger partial charge in [-0.25, -0.2) is 4.39 Å². The van der Waals surface area contributed by atoms with Crippen molar-refractivity contribution in [2.24, 2.45) is 0 Å². The largest absolute Gasteiger partial charge is 0.481 e. The smallest absolute Gasteiger partial charge is 0.263 e. The SMILES string of the molecule is CC(Oc1ccc(F)cc1)C(=O)N1CC=C(c2c[nH]c3ccccc23)CC1. The Morgan fingerprint density at radius 2 is 1.96 bits per heavy atom. The quantitative estimate of drug-likeness (QED) is 0.746. The van der Waals surface area contributed by atoms with Gasteiger partial charge in [0.1, 0.15) is 11.6 Å². The molecule has 2 aromatic carbocycles. The second-order valence-electron chi connectivity index (χ2n) is 6.73. The van der Waals surface area contributed by atoms with E-state index in [2.05, 4.69) is 23.2 Å². The molecular weight excluding hydrogens is 343 g/mol. The first-order chi connectivity index (χ1) is 13.1. The number of aromatic amines is 1. The molecule has 0 saturated heterocycles. The minimum absolute atomic E-state index is 0.0615. The molecule has 4 nitrogen and oxygen atoms in total. The lowest BCUT2D eigenvalue weighted by atomic mass is 9.99. The first-order valence-electron chi connectivity index (χ1n) is 9.08. The monoisotopic (exact) mass is 364 g/mol. The van der Waals surface area contributed by atoms with Crippen LogP contribution in [-0.4, -0.2) is 35.0 Å². The predicted molar refractivity (Wildman–Crippen MR) is 104 cm³/mol. The second kappa shape index (κ2) is 7.27. The van der Waals surface area contributed by atoms with Crippen LogP contribution in [0.25, 0.3) is 16.5 Å². The zero-order valence-corrected chi connectivity index (χ0v) is 15.1. The van der Waals surface area contributed by atoms with Gasteiger partial charge in [0.05, 0.1) is 0 Å². The van der Waals surface area contributed by atoms with Gasteiger partial charge in [-0.3, -0.25) is 4.79 Å². The van der Waals surface area contributed by atoms with E-state index in [1.54, 1.807) is 11.8 Å². The number of carbonyl (C=O) groups excluding carboxylic acids is 1. The topological polar surface area (TPSA) is 45.3 Å². The molecule has 0 radical (unpaired) electrons. The summed E-state index contributed by atoms with van der Waals surface area (Å²) in [4.78, 5) is 17.8. The van der Waals surface area contributed by atoms with Gasteiger partial charge >= 0.3 is 0 Å². The molecule has 0 aliphatic carbocycles. The summed E-state index contributed by atoms with van der Waals surface area (Å²) in [5.74, 6) is 0.102. The Hall–Kier alpha value is -3.08. The third kappa shape index (κ3) is 3.58. The lowest BCUT2D eigenvalue weighted by Gasteiger charge is -2.29. The second-order valence-corrected chi connectivity index (χ2v) is 6.73. The minimum Gasteiger partial charge on any atom is -0.481 e. The third-order valence-electron chi connectivity index (χ3n) is 4.93. The van der Waals surface area contributed by atoms with E-state index in [0.29, 0.717) is 18.8 Å². The summed E-state index contributed by atoms with van der Waals surface area (Å²) in [6.07, 6.45) is 4.34. The average molecular weight is 364 g/mol. The van der Waals surface area contributed by atoms with E-state index in [9.17, 15) is 9.18 Å². The minimum atomic E-state index is -0.613. The molecule has 0 saturated carbocycles. The molecule has 5 heteroatoms. The van der Waals surface area contributed by atoms with Crippen molar-refractivity contribution in [1.82, 2.24) is 9.88 Å². The lowest BCUT2D eigenvalue weighted by Crippen LogP contribution is -2.42. The zero-order chi connectivity index (χ0) is 18.8. The van der Waals surface area contributed by atoms with Gasteiger partial charge in [0.2, 0.25) is 0 Å². The van der Waals surface area contributed by atoms with Gasteiger partial charge in [0.15, 0.2) is 6.10 Å². The van der Waals surface area contributed by atoms with Crippen molar-refractivity contribution in [1.29, 1.82) is 0 Å². The van der Waals surface area contributed by atoms with Crippen LogP contribution in [0.15, 0.2) is 60.8 Å². The number of benzene rings is 2. The number of ether oxygens (including phenoxy) is 1. The van der Waals surface area contributed by atoms with Crippen molar-refractivity contribution in [2.45, 2.75) is 19.4 Å². The van der Waals surface area contributed by atoms with E-state index in [0.717, 1.165) is 11.9 Å². The molecule has 1 aliphatic heterocycles. The van der Waals surface area contributed by atoms with Crippen LogP contribution in [0.5, 0.6) is 5.75 Å². The first kappa shape index (κ1) is 17.3. The summed E-state index contributed by atoms with van der Waals surface area (Å²) < 4.78 is 18.6. The Balaban J connectivity index is 1.43. The van der Waals surface area contributed by atoms with Crippen molar-refractivity contribution in [3.8, 4) is 5.75 Å². The molecule has 3 aromatic rings. The maximum atomic E-state index is 13.0. The number of nitrogens with zero attached hydrogens (tertiary/aromatic N) is 1. The number of amides is 1. The van der Waals surface area contributed by atoms with Crippen molar-refractivity contribution in [2.75, 3.05) is 13.1 Å². The Kier molecular flexibility index (Phi) is 4.67. The maximum Gasteiger partial charge on any atom is 0.263 e. The van der Waals surface area contributed by atoms with E-state index in [1.165, 1.54) is 40.8 Å². The van der Waals surface area contributed by atoms with Gasteiger partial charge in [0, 0.05) is 35.8 Å². The van der Waals surface area contributed by atoms with Crippen LogP contribution < -0.4 is 4.74 Å². The molecule has 27 heavy (non-hydrogen) atoms. The number of nitrogens with one attached hydrogen (secondary N) is 1. The first-order valence-corrected chi connectivity index (χ1v) is 9.08. The maximum absolute atomic E-state index is 13.0. The molecule has 0 spiro atoms. The fourth-order valence-electron chi connectivity index (χ4n) is 3.48. The van der Waals surface area contributed by atoms with Crippen molar-refractivity contribution in [3.05, 3.63) is 72.2 Å². The molecule has 1 aromatic heterocycles. The highest BCUT2D eigenvalue weighted by Gasteiger charge is 2.24. The number of fused-ring (bicyclic) bond motifs is 1. The molecule has 2 heterocycles. The van der Waals surface area contributed by atoms with Gasteiger partial charge in [-0.2, -0.15) is 0 Å². The Morgan fingerprint density at radius 3 is 2.70 bits per heavy atom. The van der Waals surface area contributed by atoms with Crippen LogP contribution in [-0.2, 0) is 4.79 Å². The Morgan fingerprint density at radius 1 is 1.19 bits per heavy atom. The molecule has 0 fully saturated rings. The Bertz CT molecular complexity index is 991. The molecule has 0 bridgehead atoms. The summed E-state index contributed by atoms with van der Waals surface area (Å²) in [7, 11) is 0. The molecule has 1 unspecified atom stereocenters. The Labute approximate surface area is 157 Å². The van der Waals surface area contributed by atoms with E-state index >= 15 is 0 Å². The third-order valence-corrected chi connectivity index (χ3v) is 4.93. The fraction of sp³-hybridized carbons (Fsp3) is 0.227. The molecule has 138 valence electrons. The standard InChI is InChI=1S/C22H21FN2O2/c1-15(27-18-8-6-17(23)7-9-18)22(26)25-12-10-16(11-13-25)20-14-24-21-5-3-2-4-19(20)21/h2-10,14-15,24H,11-13H2,1H3. The lowest BCUT2D eigenvalue weighted by molar-refractivity contribution is -0.137. The van der Waals surface area contributed by atoms with E-state index in [1.807, 2.05) is 18.3 Å². The number of hydrogen-bond acceptors (Lipinski definition) is 2. The molecule has 1 amide bonds. The molecule has 1 N–H and O–H groups in total. The highest BCUT2D eigenvalue weighted by molar-refractivity contribution is 5.93. The molecule has 1 aliphatic rings. The summed E-state index contributed by atoms with van der Waals surface area (Å²) in [5, 5.41) is 1.21. The van der Waals surface area contributed by atoms with Gasteiger partial charge in [-0.15, -0.1) is 0 Å². The summed E-state index contributed by atoms with van der Waals surface area (Å²) in [5.41, 5.74) is 3.57. The van der Waals surface area contributed by atoms with Crippen LogP contribution >= 0.6 is 0 Å². The number of aromatic nitrogens is 1. The normalized spacial score (nSPS) is 15.5.